The van der Waals surface area contributed by atoms with Crippen LogP contribution in [0.25, 0.3) is 22.3 Å². The summed E-state index contributed by atoms with van der Waals surface area (Å²) in [7, 11) is -1.40. The standard InChI is InChI=1S/C25H18N4O2.C15H10BrIN2O2.C5H6BNO2/c26-24-29-25(15-30-24)20-11-16(18-3-1-9-27-13-18)5-7-22(20)31-23-8-6-17(12-21(23)25)19-4-2-10-28-14-19;16-8-1-3-12-10(5-8)15(7-20-14(18)19-15)11-6-9(17)2-4-13(11)21-12;8-6(9)5-2-1-3-7-4-5/h1-14H,15H2,(H2,26,29);1-6H,7H2,(H2,18,19);1-4,8-9H. The Hall–Kier alpha value is -6.34. The highest BCUT2D eigenvalue weighted by Crippen LogP contribution is 2.53. The van der Waals surface area contributed by atoms with Gasteiger partial charge in [0.15, 0.2) is 11.1 Å². The number of amidine groups is 2. The van der Waals surface area contributed by atoms with Crippen LogP contribution in [0.1, 0.15) is 22.3 Å². The molecule has 0 aliphatic carbocycles. The zero-order valence-corrected chi connectivity index (χ0v) is 35.8. The molecule has 0 amide bonds. The van der Waals surface area contributed by atoms with Crippen molar-refractivity contribution >= 4 is 63.1 Å². The van der Waals surface area contributed by atoms with Crippen molar-refractivity contribution in [2.24, 2.45) is 21.5 Å². The largest absolute Gasteiger partial charge is 0.490 e. The van der Waals surface area contributed by atoms with Crippen LogP contribution in [0.15, 0.2) is 161 Å². The minimum atomic E-state index is -1.40. The number of pyridine rings is 3. The third-order valence-electron chi connectivity index (χ3n) is 10.5. The summed E-state index contributed by atoms with van der Waals surface area (Å²) < 4.78 is 25.6. The highest BCUT2D eigenvalue weighted by atomic mass is 127. The van der Waals surface area contributed by atoms with E-state index in [0.29, 0.717) is 18.7 Å². The Bertz CT molecular complexity index is 2680. The molecule has 0 saturated heterocycles. The summed E-state index contributed by atoms with van der Waals surface area (Å²) in [6, 6.07) is 35.7. The highest BCUT2D eigenvalue weighted by molar-refractivity contribution is 14.1. The lowest BCUT2D eigenvalue weighted by molar-refractivity contribution is 0.264. The van der Waals surface area contributed by atoms with Crippen LogP contribution < -0.4 is 26.4 Å². The maximum atomic E-state index is 8.54. The van der Waals surface area contributed by atoms with Crippen LogP contribution in [0.2, 0.25) is 0 Å². The van der Waals surface area contributed by atoms with E-state index in [0.717, 1.165) is 75.5 Å². The summed E-state index contributed by atoms with van der Waals surface area (Å²) in [5.41, 5.74) is 18.7. The van der Waals surface area contributed by atoms with Gasteiger partial charge >= 0.3 is 7.12 Å². The Morgan fingerprint density at radius 1 is 0.557 bits per heavy atom. The fraction of sp³-hybridized carbons (Fsp3) is 0.0889. The smallest absolute Gasteiger partial charge is 0.462 e. The zero-order chi connectivity index (χ0) is 42.1. The lowest BCUT2D eigenvalue weighted by Crippen LogP contribution is -2.31. The van der Waals surface area contributed by atoms with Gasteiger partial charge in [-0.15, -0.1) is 0 Å². The first-order valence-corrected chi connectivity index (χ1v) is 20.8. The van der Waals surface area contributed by atoms with Crippen molar-refractivity contribution in [2.75, 3.05) is 13.2 Å². The molecule has 0 radical (unpaired) electrons. The fourth-order valence-corrected chi connectivity index (χ4v) is 8.46. The molecule has 0 saturated carbocycles. The molecule has 0 bridgehead atoms. The third kappa shape index (κ3) is 7.78. The number of nitrogens with zero attached hydrogens (tertiary/aromatic N) is 5. The van der Waals surface area contributed by atoms with E-state index >= 15 is 0 Å². The number of fused-ring (bicyclic) bond motifs is 8. The van der Waals surface area contributed by atoms with E-state index < -0.39 is 18.2 Å². The predicted octanol–water partition coefficient (Wildman–Crippen LogP) is 7.01. The highest BCUT2D eigenvalue weighted by Gasteiger charge is 2.48. The van der Waals surface area contributed by atoms with Gasteiger partial charge < -0.3 is 40.5 Å². The maximum Gasteiger partial charge on any atom is 0.490 e. The molecule has 1 unspecified atom stereocenters. The van der Waals surface area contributed by atoms with Crippen LogP contribution in [-0.2, 0) is 20.6 Å². The molecule has 2 spiro atoms. The normalized spacial score (nSPS) is 16.8. The Morgan fingerprint density at radius 2 is 1.02 bits per heavy atom. The molecular formula is C45H34BBrIN7O6. The van der Waals surface area contributed by atoms with Crippen molar-refractivity contribution in [3.63, 3.8) is 0 Å². The van der Waals surface area contributed by atoms with Gasteiger partial charge in [0.25, 0.3) is 12.0 Å². The topological polar surface area (TPSA) is 193 Å². The maximum absolute atomic E-state index is 8.54. The number of halogens is 2. The monoisotopic (exact) mass is 985 g/mol. The molecule has 4 aliphatic rings. The van der Waals surface area contributed by atoms with Crippen molar-refractivity contribution in [1.82, 2.24) is 15.0 Å². The molecule has 16 heteroatoms. The Kier molecular flexibility index (Phi) is 10.9. The Labute approximate surface area is 372 Å². The summed E-state index contributed by atoms with van der Waals surface area (Å²) >= 11 is 5.79. The van der Waals surface area contributed by atoms with E-state index in [2.05, 4.69) is 76.7 Å². The first-order valence-electron chi connectivity index (χ1n) is 18.9. The van der Waals surface area contributed by atoms with Crippen LogP contribution in [-0.4, -0.2) is 57.4 Å². The van der Waals surface area contributed by atoms with E-state index in [-0.39, 0.29) is 12.0 Å². The minimum Gasteiger partial charge on any atom is -0.462 e. The van der Waals surface area contributed by atoms with Gasteiger partial charge in [0, 0.05) is 84.1 Å². The molecule has 0 fully saturated rings. The Balaban J connectivity index is 0.000000136. The van der Waals surface area contributed by atoms with Crippen LogP contribution in [0.5, 0.6) is 23.0 Å². The second kappa shape index (κ2) is 16.6. The summed E-state index contributed by atoms with van der Waals surface area (Å²) in [4.78, 5) is 21.6. The van der Waals surface area contributed by atoms with Crippen molar-refractivity contribution in [1.29, 1.82) is 0 Å². The summed E-state index contributed by atoms with van der Waals surface area (Å²) in [6.07, 6.45) is 10.2. The van der Waals surface area contributed by atoms with Crippen molar-refractivity contribution in [3.05, 3.63) is 177 Å². The Morgan fingerprint density at radius 3 is 1.44 bits per heavy atom. The number of benzene rings is 4. The summed E-state index contributed by atoms with van der Waals surface area (Å²) in [5, 5.41) is 17.1. The molecule has 13 nitrogen and oxygen atoms in total. The average Bonchev–Trinajstić information content (AvgIpc) is 3.88. The zero-order valence-electron chi connectivity index (χ0n) is 32.0. The average molecular weight is 986 g/mol. The lowest BCUT2D eigenvalue weighted by Gasteiger charge is -2.34. The molecule has 11 rings (SSSR count). The van der Waals surface area contributed by atoms with Gasteiger partial charge in [-0.05, 0) is 113 Å². The lowest BCUT2D eigenvalue weighted by atomic mass is 9.79. The van der Waals surface area contributed by atoms with Crippen molar-refractivity contribution < 1.29 is 29.0 Å². The van der Waals surface area contributed by atoms with Crippen LogP contribution >= 0.6 is 38.5 Å². The number of rotatable bonds is 3. The van der Waals surface area contributed by atoms with Crippen LogP contribution in [0.3, 0.4) is 0 Å². The fourth-order valence-electron chi connectivity index (χ4n) is 7.61. The third-order valence-corrected chi connectivity index (χ3v) is 11.7. The minimum absolute atomic E-state index is 0.178. The molecule has 6 N–H and O–H groups in total. The molecule has 7 heterocycles. The number of aromatic nitrogens is 3. The second-order valence-electron chi connectivity index (χ2n) is 14.2. The quantitative estimate of drug-likeness (QED) is 0.105. The molecule has 4 aromatic carbocycles. The van der Waals surface area contributed by atoms with E-state index in [1.807, 2.05) is 91.3 Å². The number of ether oxygens (including phenoxy) is 4. The van der Waals surface area contributed by atoms with Crippen molar-refractivity contribution in [3.8, 4) is 45.3 Å². The van der Waals surface area contributed by atoms with Crippen LogP contribution in [0, 0.1) is 3.57 Å². The van der Waals surface area contributed by atoms with E-state index in [1.165, 1.54) is 6.20 Å². The van der Waals surface area contributed by atoms with Gasteiger partial charge in [-0.25, -0.2) is 9.98 Å². The molecular weight excluding hydrogens is 952 g/mol. The first kappa shape index (κ1) is 40.1. The van der Waals surface area contributed by atoms with Gasteiger partial charge in [0.2, 0.25) is 0 Å². The van der Waals surface area contributed by atoms with Crippen LogP contribution in [0.4, 0.5) is 0 Å². The molecule has 61 heavy (non-hydrogen) atoms. The van der Waals surface area contributed by atoms with Gasteiger partial charge in [0.05, 0.1) is 0 Å². The SMILES string of the molecule is NC1=NC2(CO1)c1cc(-c3cccnc3)ccc1Oc1ccc(-c3cccnc3)cc12.NC1=NC2(CO1)c1cc(Br)ccc1Oc1ccc(I)cc12.OB(O)c1cccnc1. The van der Waals surface area contributed by atoms with Gasteiger partial charge in [-0.2, -0.15) is 0 Å². The van der Waals surface area contributed by atoms with Gasteiger partial charge in [-0.3, -0.25) is 15.0 Å². The first-order chi connectivity index (χ1) is 29.6. The molecule has 4 aliphatic heterocycles. The molecule has 3 aromatic heterocycles. The molecule has 1 atom stereocenters. The molecule has 302 valence electrons. The summed E-state index contributed by atoms with van der Waals surface area (Å²) in [5.74, 6) is 3.08. The molecule has 7 aromatic rings. The van der Waals surface area contributed by atoms with E-state index in [1.54, 1.807) is 30.7 Å². The summed E-state index contributed by atoms with van der Waals surface area (Å²) in [6.45, 7) is 0.702. The number of hydrogen-bond acceptors (Lipinski definition) is 13. The van der Waals surface area contributed by atoms with Gasteiger partial charge in [0.1, 0.15) is 36.2 Å². The predicted molar refractivity (Wildman–Crippen MR) is 244 cm³/mol. The second-order valence-corrected chi connectivity index (χ2v) is 16.4. The van der Waals surface area contributed by atoms with Gasteiger partial charge in [-0.1, -0.05) is 46.3 Å². The van der Waals surface area contributed by atoms with E-state index in [4.69, 9.17) is 45.5 Å². The number of hydrogen-bond donors (Lipinski definition) is 4. The van der Waals surface area contributed by atoms with E-state index in [9.17, 15) is 0 Å². The number of aliphatic imine (C=N–C) groups is 2. The number of nitrogens with two attached hydrogens (primary N) is 2. The van der Waals surface area contributed by atoms with Crippen molar-refractivity contribution in [2.45, 2.75) is 11.1 Å².